The van der Waals surface area contributed by atoms with E-state index in [9.17, 15) is 9.59 Å². The predicted octanol–water partition coefficient (Wildman–Crippen LogP) is 2.34. The zero-order chi connectivity index (χ0) is 15.9. The van der Waals surface area contributed by atoms with E-state index in [2.05, 4.69) is 9.72 Å². The molecule has 0 saturated carbocycles. The Kier molecular flexibility index (Phi) is 5.08. The minimum atomic E-state index is -0.598. The number of rotatable bonds is 5. The highest BCUT2D eigenvalue weighted by molar-refractivity contribution is 5.88. The summed E-state index contributed by atoms with van der Waals surface area (Å²) in [7, 11) is 1.24. The highest BCUT2D eigenvalue weighted by atomic mass is 16.5. The highest BCUT2D eigenvalue weighted by Crippen LogP contribution is 2.19. The molecule has 0 aliphatic rings. The molecule has 22 heavy (non-hydrogen) atoms. The van der Waals surface area contributed by atoms with Gasteiger partial charge in [-0.1, -0.05) is 30.3 Å². The molecule has 0 bridgehead atoms. The van der Waals surface area contributed by atoms with Crippen molar-refractivity contribution >= 4 is 11.9 Å². The average molecular weight is 300 g/mol. The van der Waals surface area contributed by atoms with Crippen LogP contribution in [-0.4, -0.2) is 28.6 Å². The second kappa shape index (κ2) is 7.21. The molecule has 0 aliphatic carbocycles. The maximum absolute atomic E-state index is 12.0. The van der Waals surface area contributed by atoms with Gasteiger partial charge in [-0.15, -0.1) is 0 Å². The molecule has 2 rings (SSSR count). The number of carbonyl (C=O) groups excluding carboxylic acids is 2. The van der Waals surface area contributed by atoms with E-state index in [1.54, 1.807) is 10.9 Å². The maximum Gasteiger partial charge on any atom is 0.361 e. The van der Waals surface area contributed by atoms with Crippen molar-refractivity contribution in [3.63, 3.8) is 0 Å². The maximum atomic E-state index is 12.0. The summed E-state index contributed by atoms with van der Waals surface area (Å²) in [5, 5.41) is 0. The molecule has 0 N–H and O–H groups in total. The molecule has 0 radical (unpaired) electrons. The first kappa shape index (κ1) is 15.5. The van der Waals surface area contributed by atoms with E-state index in [0.717, 1.165) is 17.9 Å². The van der Waals surface area contributed by atoms with Crippen LogP contribution in [0.2, 0.25) is 0 Å². The predicted molar refractivity (Wildman–Crippen MR) is 79.1 cm³/mol. The number of esters is 2. The Morgan fingerprint density at radius 2 is 2.00 bits per heavy atom. The summed E-state index contributed by atoms with van der Waals surface area (Å²) in [4.78, 5) is 27.0. The Morgan fingerprint density at radius 1 is 1.27 bits per heavy atom. The quantitative estimate of drug-likeness (QED) is 0.481. The van der Waals surface area contributed by atoms with Crippen molar-refractivity contribution in [2.24, 2.45) is 0 Å². The van der Waals surface area contributed by atoms with Crippen LogP contribution in [0.4, 0.5) is 0 Å². The first-order valence-electron chi connectivity index (χ1n) is 6.65. The number of aromatic nitrogens is 2. The molecule has 0 fully saturated rings. The molecule has 0 amide bonds. The third kappa shape index (κ3) is 3.60. The smallest absolute Gasteiger partial charge is 0.361 e. The van der Waals surface area contributed by atoms with Crippen LogP contribution in [0.5, 0.6) is 0 Å². The van der Waals surface area contributed by atoms with Crippen molar-refractivity contribution in [2.45, 2.75) is 13.0 Å². The number of hydrogen-bond acceptors (Lipinski definition) is 5. The van der Waals surface area contributed by atoms with Crippen LogP contribution >= 0.6 is 0 Å². The minimum absolute atomic E-state index is 0.0733. The summed E-state index contributed by atoms with van der Waals surface area (Å²) in [5.41, 5.74) is 1.34. The average Bonchev–Trinajstić information content (AvgIpc) is 3.04. The molecule has 0 aliphatic heterocycles. The van der Waals surface area contributed by atoms with Gasteiger partial charge in [-0.2, -0.15) is 0 Å². The van der Waals surface area contributed by atoms with Crippen LogP contribution in [-0.2, 0) is 14.3 Å². The van der Waals surface area contributed by atoms with E-state index in [1.807, 2.05) is 37.3 Å². The Morgan fingerprint density at radius 3 is 2.68 bits per heavy atom. The summed E-state index contributed by atoms with van der Waals surface area (Å²) in [6.45, 7) is 1.96. The molecule has 1 aromatic heterocycles. The fourth-order valence-electron chi connectivity index (χ4n) is 1.94. The summed E-state index contributed by atoms with van der Waals surface area (Å²) in [6.07, 6.45) is 5.02. The van der Waals surface area contributed by atoms with Gasteiger partial charge in [0, 0.05) is 0 Å². The van der Waals surface area contributed by atoms with E-state index in [-0.39, 0.29) is 6.04 Å². The Balaban J connectivity index is 2.14. The number of benzene rings is 1. The molecule has 2 aromatic rings. The molecular weight excluding hydrogens is 284 g/mol. The number of hydrogen-bond donors (Lipinski definition) is 0. The van der Waals surface area contributed by atoms with Crippen molar-refractivity contribution in [2.75, 3.05) is 7.11 Å². The monoisotopic (exact) mass is 300 g/mol. The van der Waals surface area contributed by atoms with Gasteiger partial charge in [0.2, 0.25) is 0 Å². The Bertz CT molecular complexity index is 676. The molecule has 0 unspecified atom stereocenters. The van der Waals surface area contributed by atoms with Crippen molar-refractivity contribution in [1.29, 1.82) is 0 Å². The number of carbonyl (C=O) groups is 2. The van der Waals surface area contributed by atoms with Gasteiger partial charge in [-0.05, 0) is 12.5 Å². The zero-order valence-corrected chi connectivity index (χ0v) is 12.3. The topological polar surface area (TPSA) is 70.4 Å². The molecule has 0 spiro atoms. The molecule has 0 saturated heterocycles. The summed E-state index contributed by atoms with van der Waals surface area (Å²) in [6, 6.07) is 9.65. The van der Waals surface area contributed by atoms with Gasteiger partial charge in [-0.25, -0.2) is 14.6 Å². The second-order valence-corrected chi connectivity index (χ2v) is 4.50. The van der Waals surface area contributed by atoms with Gasteiger partial charge in [0.05, 0.1) is 31.8 Å². The fraction of sp³-hybridized carbons (Fsp3) is 0.188. The third-order valence-corrected chi connectivity index (χ3v) is 3.15. The lowest BCUT2D eigenvalue weighted by molar-refractivity contribution is -0.134. The minimum Gasteiger partial charge on any atom is -0.466 e. The van der Waals surface area contributed by atoms with E-state index in [4.69, 9.17) is 4.74 Å². The van der Waals surface area contributed by atoms with Gasteiger partial charge < -0.3 is 14.0 Å². The van der Waals surface area contributed by atoms with E-state index in [1.165, 1.54) is 13.3 Å². The summed E-state index contributed by atoms with van der Waals surface area (Å²) >= 11 is 0. The molecule has 1 aromatic carbocycles. The fourth-order valence-corrected chi connectivity index (χ4v) is 1.94. The number of ether oxygens (including phenoxy) is 2. The van der Waals surface area contributed by atoms with Crippen LogP contribution in [0.1, 0.15) is 29.0 Å². The Hall–Kier alpha value is -2.89. The van der Waals surface area contributed by atoms with Crippen molar-refractivity contribution in [3.05, 3.63) is 66.5 Å². The molecule has 1 heterocycles. The standard InChI is InChI=1S/C16H16N2O4/c1-12(13-6-4-3-5-7-13)18-11-17-10-14(18)16(20)22-9-8-15(19)21-2/h3-12H,1-2H3/b9-8+/t12-/m1/s1. The van der Waals surface area contributed by atoms with Gasteiger partial charge in [0.15, 0.2) is 0 Å². The highest BCUT2D eigenvalue weighted by Gasteiger charge is 2.17. The lowest BCUT2D eigenvalue weighted by Crippen LogP contribution is -2.14. The van der Waals surface area contributed by atoms with Crippen LogP contribution < -0.4 is 0 Å². The third-order valence-electron chi connectivity index (χ3n) is 3.15. The first-order chi connectivity index (χ1) is 10.6. The molecular formula is C16H16N2O4. The van der Waals surface area contributed by atoms with Gasteiger partial charge in [-0.3, -0.25) is 0 Å². The number of imidazole rings is 1. The molecule has 114 valence electrons. The van der Waals surface area contributed by atoms with Gasteiger partial charge in [0.25, 0.3) is 0 Å². The largest absolute Gasteiger partial charge is 0.466 e. The number of methoxy groups -OCH3 is 1. The van der Waals surface area contributed by atoms with Gasteiger partial charge >= 0.3 is 11.9 Å². The van der Waals surface area contributed by atoms with E-state index < -0.39 is 11.9 Å². The van der Waals surface area contributed by atoms with Gasteiger partial charge in [0.1, 0.15) is 12.0 Å². The molecule has 6 nitrogen and oxygen atoms in total. The summed E-state index contributed by atoms with van der Waals surface area (Å²) in [5.74, 6) is -1.20. The van der Waals surface area contributed by atoms with Crippen LogP contribution in [0.3, 0.4) is 0 Å². The molecule has 1 atom stereocenters. The normalized spacial score (nSPS) is 12.1. The molecule has 6 heteroatoms. The number of nitrogens with zero attached hydrogens (tertiary/aromatic N) is 2. The van der Waals surface area contributed by atoms with Crippen molar-refractivity contribution < 1.29 is 19.1 Å². The van der Waals surface area contributed by atoms with Crippen LogP contribution in [0, 0.1) is 0 Å². The lowest BCUT2D eigenvalue weighted by atomic mass is 10.1. The van der Waals surface area contributed by atoms with Crippen molar-refractivity contribution in [3.8, 4) is 0 Å². The lowest BCUT2D eigenvalue weighted by Gasteiger charge is -2.15. The van der Waals surface area contributed by atoms with Crippen molar-refractivity contribution in [1.82, 2.24) is 9.55 Å². The SMILES string of the molecule is COC(=O)/C=C/OC(=O)c1cncn1[C@H](C)c1ccccc1. The van der Waals surface area contributed by atoms with Crippen LogP contribution in [0.25, 0.3) is 0 Å². The zero-order valence-electron chi connectivity index (χ0n) is 12.3. The van der Waals surface area contributed by atoms with E-state index in [0.29, 0.717) is 5.69 Å². The van der Waals surface area contributed by atoms with E-state index >= 15 is 0 Å². The first-order valence-corrected chi connectivity index (χ1v) is 6.65. The van der Waals surface area contributed by atoms with Crippen LogP contribution in [0.15, 0.2) is 55.2 Å². The Labute approximate surface area is 128 Å². The second-order valence-electron chi connectivity index (χ2n) is 4.50. The summed E-state index contributed by atoms with van der Waals surface area (Å²) < 4.78 is 11.0.